The summed E-state index contributed by atoms with van der Waals surface area (Å²) in [5, 5.41) is 3.37. The van der Waals surface area contributed by atoms with Crippen molar-refractivity contribution in [1.82, 2.24) is 4.90 Å². The predicted octanol–water partition coefficient (Wildman–Crippen LogP) is 3.33. The van der Waals surface area contributed by atoms with Crippen molar-refractivity contribution in [2.24, 2.45) is 0 Å². The van der Waals surface area contributed by atoms with E-state index in [4.69, 9.17) is 4.74 Å². The van der Waals surface area contributed by atoms with Gasteiger partial charge in [0.1, 0.15) is 11.4 Å². The maximum absolute atomic E-state index is 12.5. The summed E-state index contributed by atoms with van der Waals surface area (Å²) in [7, 11) is 0. The molecule has 1 aromatic carbocycles. The molecule has 120 valence electrons. The number of ketones is 1. The van der Waals surface area contributed by atoms with Gasteiger partial charge in [0.25, 0.3) is 0 Å². The molecule has 0 unspecified atom stereocenters. The summed E-state index contributed by atoms with van der Waals surface area (Å²) in [6.07, 6.45) is 5.01. The van der Waals surface area contributed by atoms with E-state index in [-0.39, 0.29) is 11.4 Å². The first-order chi connectivity index (χ1) is 10.5. The highest BCUT2D eigenvalue weighted by Crippen LogP contribution is 2.33. The zero-order chi connectivity index (χ0) is 15.6. The number of hydrogen-bond acceptors (Lipinski definition) is 4. The lowest BCUT2D eigenvalue weighted by Gasteiger charge is -2.33. The number of Topliss-reactive ketones (excluding diaryl/α,β-unsaturated/α-hetero) is 1. The van der Waals surface area contributed by atoms with Crippen molar-refractivity contribution in [2.45, 2.75) is 45.1 Å². The minimum atomic E-state index is -0.204. The molecule has 0 bridgehead atoms. The summed E-state index contributed by atoms with van der Waals surface area (Å²) < 4.78 is 5.94. The largest absolute Gasteiger partial charge is 0.484 e. The Hall–Kier alpha value is -1.55. The van der Waals surface area contributed by atoms with E-state index in [0.717, 1.165) is 36.6 Å². The quantitative estimate of drug-likeness (QED) is 0.870. The fraction of sp³-hybridized carbons (Fsp3) is 0.611. The number of carbonyl (C=O) groups is 1. The molecule has 0 saturated carbocycles. The number of fused-ring (bicyclic) bond motifs is 1. The SMILES string of the molecule is CC1(C)CNc2cc(C(=O)CN3CCCCCC3)ccc2O1. The maximum Gasteiger partial charge on any atom is 0.176 e. The van der Waals surface area contributed by atoms with Gasteiger partial charge in [-0.1, -0.05) is 12.8 Å². The van der Waals surface area contributed by atoms with Crippen LogP contribution in [0.2, 0.25) is 0 Å². The number of carbonyl (C=O) groups excluding carboxylic acids is 1. The smallest absolute Gasteiger partial charge is 0.176 e. The molecule has 0 atom stereocenters. The van der Waals surface area contributed by atoms with Crippen LogP contribution in [0.1, 0.15) is 49.9 Å². The molecule has 2 aliphatic heterocycles. The Morgan fingerprint density at radius 1 is 1.23 bits per heavy atom. The Balaban J connectivity index is 1.68. The number of likely N-dealkylation sites (tertiary alicyclic amines) is 1. The number of nitrogens with one attached hydrogen (secondary N) is 1. The highest BCUT2D eigenvalue weighted by atomic mass is 16.5. The van der Waals surface area contributed by atoms with E-state index in [1.165, 1.54) is 25.7 Å². The van der Waals surface area contributed by atoms with Gasteiger partial charge in [-0.05, 0) is 58.0 Å². The van der Waals surface area contributed by atoms with E-state index < -0.39 is 0 Å². The van der Waals surface area contributed by atoms with Crippen LogP contribution in [0.4, 0.5) is 5.69 Å². The van der Waals surface area contributed by atoms with Gasteiger partial charge in [-0.15, -0.1) is 0 Å². The summed E-state index contributed by atoms with van der Waals surface area (Å²) in [6, 6.07) is 5.74. The van der Waals surface area contributed by atoms with E-state index in [2.05, 4.69) is 24.1 Å². The van der Waals surface area contributed by atoms with Gasteiger partial charge in [-0.25, -0.2) is 0 Å². The molecule has 0 aromatic heterocycles. The lowest BCUT2D eigenvalue weighted by atomic mass is 10.0. The van der Waals surface area contributed by atoms with Crippen LogP contribution in [0.5, 0.6) is 5.75 Å². The van der Waals surface area contributed by atoms with Crippen LogP contribution < -0.4 is 10.1 Å². The van der Waals surface area contributed by atoms with E-state index in [1.54, 1.807) is 0 Å². The monoisotopic (exact) mass is 302 g/mol. The molecule has 4 nitrogen and oxygen atoms in total. The first-order valence-electron chi connectivity index (χ1n) is 8.36. The van der Waals surface area contributed by atoms with Gasteiger partial charge in [0.15, 0.2) is 5.78 Å². The van der Waals surface area contributed by atoms with Crippen LogP contribution in [-0.2, 0) is 0 Å². The molecule has 0 spiro atoms. The second kappa shape index (κ2) is 6.29. The Morgan fingerprint density at radius 2 is 1.95 bits per heavy atom. The van der Waals surface area contributed by atoms with Gasteiger partial charge >= 0.3 is 0 Å². The number of benzene rings is 1. The topological polar surface area (TPSA) is 41.6 Å². The summed E-state index contributed by atoms with van der Waals surface area (Å²) >= 11 is 0. The standard InChI is InChI=1S/C18H26N2O2/c1-18(2)13-19-15-11-14(7-8-17(15)22-18)16(21)12-20-9-5-3-4-6-10-20/h7-8,11,19H,3-6,9-10,12-13H2,1-2H3. The summed E-state index contributed by atoms with van der Waals surface area (Å²) in [5.74, 6) is 1.04. The number of nitrogens with zero attached hydrogens (tertiary/aromatic N) is 1. The number of ether oxygens (including phenoxy) is 1. The number of hydrogen-bond donors (Lipinski definition) is 1. The van der Waals surface area contributed by atoms with Gasteiger partial charge in [0.2, 0.25) is 0 Å². The molecular formula is C18H26N2O2. The van der Waals surface area contributed by atoms with Crippen molar-refractivity contribution in [3.05, 3.63) is 23.8 Å². The molecule has 1 fully saturated rings. The first kappa shape index (κ1) is 15.3. The Labute approximate surface area is 132 Å². The van der Waals surface area contributed by atoms with Crippen molar-refractivity contribution in [1.29, 1.82) is 0 Å². The Bertz CT molecular complexity index is 546. The van der Waals surface area contributed by atoms with Crippen LogP contribution in [-0.4, -0.2) is 42.5 Å². The number of anilines is 1. The van der Waals surface area contributed by atoms with Gasteiger partial charge in [0, 0.05) is 5.56 Å². The molecule has 1 saturated heterocycles. The Kier molecular flexibility index (Phi) is 4.39. The van der Waals surface area contributed by atoms with Gasteiger partial charge in [-0.3, -0.25) is 9.69 Å². The molecular weight excluding hydrogens is 276 g/mol. The zero-order valence-corrected chi connectivity index (χ0v) is 13.7. The van der Waals surface area contributed by atoms with Crippen molar-refractivity contribution < 1.29 is 9.53 Å². The molecule has 3 rings (SSSR count). The second-order valence-electron chi connectivity index (χ2n) is 7.04. The third-order valence-electron chi connectivity index (χ3n) is 4.46. The second-order valence-corrected chi connectivity index (χ2v) is 7.04. The third kappa shape index (κ3) is 3.61. The van der Waals surface area contributed by atoms with Crippen LogP contribution in [0, 0.1) is 0 Å². The van der Waals surface area contributed by atoms with Crippen LogP contribution >= 0.6 is 0 Å². The summed E-state index contributed by atoms with van der Waals surface area (Å²) in [6.45, 7) is 7.50. The highest BCUT2D eigenvalue weighted by molar-refractivity contribution is 5.98. The average Bonchev–Trinajstić information content (AvgIpc) is 2.74. The molecule has 0 aliphatic carbocycles. The molecule has 22 heavy (non-hydrogen) atoms. The van der Waals surface area contributed by atoms with Crippen molar-refractivity contribution >= 4 is 11.5 Å². The van der Waals surface area contributed by atoms with Gasteiger partial charge < -0.3 is 10.1 Å². The fourth-order valence-electron chi connectivity index (χ4n) is 3.16. The summed E-state index contributed by atoms with van der Waals surface area (Å²) in [4.78, 5) is 14.8. The maximum atomic E-state index is 12.5. The van der Waals surface area contributed by atoms with Gasteiger partial charge in [0.05, 0.1) is 18.8 Å². The minimum absolute atomic E-state index is 0.204. The van der Waals surface area contributed by atoms with Crippen molar-refractivity contribution in [3.8, 4) is 5.75 Å². The molecule has 2 heterocycles. The Morgan fingerprint density at radius 3 is 2.68 bits per heavy atom. The van der Waals surface area contributed by atoms with Crippen molar-refractivity contribution in [2.75, 3.05) is 31.5 Å². The molecule has 1 N–H and O–H groups in total. The van der Waals surface area contributed by atoms with Gasteiger partial charge in [-0.2, -0.15) is 0 Å². The lowest BCUT2D eigenvalue weighted by molar-refractivity contribution is 0.0932. The van der Waals surface area contributed by atoms with E-state index in [0.29, 0.717) is 6.54 Å². The third-order valence-corrected chi connectivity index (χ3v) is 4.46. The predicted molar refractivity (Wildman–Crippen MR) is 88.9 cm³/mol. The summed E-state index contributed by atoms with van der Waals surface area (Å²) in [5.41, 5.74) is 1.50. The normalized spacial score (nSPS) is 21.2. The van der Waals surface area contributed by atoms with E-state index in [9.17, 15) is 4.79 Å². The zero-order valence-electron chi connectivity index (χ0n) is 13.7. The highest BCUT2D eigenvalue weighted by Gasteiger charge is 2.26. The minimum Gasteiger partial charge on any atom is -0.484 e. The average molecular weight is 302 g/mol. The molecule has 4 heteroatoms. The molecule has 0 radical (unpaired) electrons. The van der Waals surface area contributed by atoms with E-state index >= 15 is 0 Å². The van der Waals surface area contributed by atoms with Crippen LogP contribution in [0.15, 0.2) is 18.2 Å². The molecule has 1 aromatic rings. The van der Waals surface area contributed by atoms with Crippen LogP contribution in [0.25, 0.3) is 0 Å². The van der Waals surface area contributed by atoms with E-state index in [1.807, 2.05) is 18.2 Å². The van der Waals surface area contributed by atoms with Crippen molar-refractivity contribution in [3.63, 3.8) is 0 Å². The van der Waals surface area contributed by atoms with Crippen LogP contribution in [0.3, 0.4) is 0 Å². The molecule has 0 amide bonds. The lowest BCUT2D eigenvalue weighted by Crippen LogP contribution is -2.40. The number of rotatable bonds is 3. The molecule has 2 aliphatic rings. The fourth-order valence-corrected chi connectivity index (χ4v) is 3.16. The first-order valence-corrected chi connectivity index (χ1v) is 8.36.